The summed E-state index contributed by atoms with van der Waals surface area (Å²) in [6, 6.07) is 16.5. The molecule has 3 aromatic rings. The number of carbonyl (C=O) groups excluding carboxylic acids is 2. The van der Waals surface area contributed by atoms with Crippen LogP contribution in [-0.2, 0) is 10.2 Å². The van der Waals surface area contributed by atoms with Crippen molar-refractivity contribution in [2.24, 2.45) is 11.7 Å². The third-order valence-corrected chi connectivity index (χ3v) is 9.56. The van der Waals surface area contributed by atoms with Gasteiger partial charge in [-0.05, 0) is 67.6 Å². The maximum atomic E-state index is 14.5. The van der Waals surface area contributed by atoms with Crippen LogP contribution in [0.5, 0.6) is 17.2 Å². The maximum absolute atomic E-state index is 14.5. The summed E-state index contributed by atoms with van der Waals surface area (Å²) in [5, 5.41) is 0. The second-order valence-electron chi connectivity index (χ2n) is 11.6. The van der Waals surface area contributed by atoms with Gasteiger partial charge in [-0.25, -0.2) is 8.78 Å². The Labute approximate surface area is 268 Å². The monoisotopic (exact) mass is 643 g/mol. The first-order valence-electron chi connectivity index (χ1n) is 14.8. The molecule has 2 fully saturated rings. The van der Waals surface area contributed by atoms with Crippen molar-refractivity contribution in [2.75, 3.05) is 47.5 Å². The van der Waals surface area contributed by atoms with Crippen molar-refractivity contribution in [1.29, 1.82) is 0 Å². The largest absolute Gasteiger partial charge is 0.493 e. The van der Waals surface area contributed by atoms with Gasteiger partial charge in [0.2, 0.25) is 11.7 Å². The van der Waals surface area contributed by atoms with Gasteiger partial charge in [0.25, 0.3) is 5.91 Å². The number of nitrogens with two attached hydrogens (primary N) is 1. The molecule has 8 nitrogen and oxygen atoms in total. The minimum absolute atomic E-state index is 0. The fourth-order valence-corrected chi connectivity index (χ4v) is 7.03. The van der Waals surface area contributed by atoms with Gasteiger partial charge in [0.1, 0.15) is 0 Å². The number of methoxy groups -OCH3 is 3. The predicted molar refractivity (Wildman–Crippen MR) is 169 cm³/mol. The molecular formula is C34H40ClF2N3O5. The van der Waals surface area contributed by atoms with Crippen LogP contribution in [0.4, 0.5) is 8.78 Å². The highest BCUT2D eigenvalue weighted by Crippen LogP contribution is 2.47. The van der Waals surface area contributed by atoms with E-state index < -0.39 is 28.9 Å². The number of hydrogen-bond donors (Lipinski definition) is 1. The first-order valence-corrected chi connectivity index (χ1v) is 14.8. The van der Waals surface area contributed by atoms with Gasteiger partial charge in [-0.3, -0.25) is 14.5 Å². The predicted octanol–water partition coefficient (Wildman–Crippen LogP) is 5.18. The SMILES string of the molecule is COc1cc(C(=O)N2CCC(C(C)N3CCC(C(N)=O)(c4ccccc4)C(c4ccc(F)c(F)c4)C3)C2)cc(OC)c1OC.Cl. The summed E-state index contributed by atoms with van der Waals surface area (Å²) < 4.78 is 44.8. The van der Waals surface area contributed by atoms with Crippen LogP contribution in [0.3, 0.4) is 0 Å². The van der Waals surface area contributed by atoms with Crippen LogP contribution in [0.2, 0.25) is 0 Å². The molecule has 242 valence electrons. The second kappa shape index (κ2) is 14.0. The van der Waals surface area contributed by atoms with Gasteiger partial charge >= 0.3 is 0 Å². The summed E-state index contributed by atoms with van der Waals surface area (Å²) in [7, 11) is 4.53. The molecule has 2 N–H and O–H groups in total. The van der Waals surface area contributed by atoms with Gasteiger partial charge in [-0.2, -0.15) is 0 Å². The smallest absolute Gasteiger partial charge is 0.254 e. The van der Waals surface area contributed by atoms with E-state index >= 15 is 0 Å². The number of carbonyl (C=O) groups is 2. The number of primary amides is 1. The van der Waals surface area contributed by atoms with Crippen LogP contribution < -0.4 is 19.9 Å². The van der Waals surface area contributed by atoms with Crippen molar-refractivity contribution in [3.63, 3.8) is 0 Å². The number of benzene rings is 3. The molecule has 0 spiro atoms. The average Bonchev–Trinajstić information content (AvgIpc) is 3.55. The number of hydrogen-bond acceptors (Lipinski definition) is 6. The van der Waals surface area contributed by atoms with Gasteiger partial charge in [0, 0.05) is 37.2 Å². The zero-order chi connectivity index (χ0) is 31.6. The van der Waals surface area contributed by atoms with Crippen molar-refractivity contribution in [3.8, 4) is 17.2 Å². The second-order valence-corrected chi connectivity index (χ2v) is 11.6. The molecule has 0 bridgehead atoms. The molecule has 2 heterocycles. The Kier molecular flexibility index (Phi) is 10.6. The summed E-state index contributed by atoms with van der Waals surface area (Å²) in [5.41, 5.74) is 6.78. The van der Waals surface area contributed by atoms with Gasteiger partial charge in [-0.15, -0.1) is 12.4 Å². The van der Waals surface area contributed by atoms with E-state index in [4.69, 9.17) is 19.9 Å². The molecule has 2 aliphatic heterocycles. The molecule has 4 unspecified atom stereocenters. The number of amides is 2. The quantitative estimate of drug-likeness (QED) is 0.346. The van der Waals surface area contributed by atoms with Crippen LogP contribution in [0.25, 0.3) is 0 Å². The highest BCUT2D eigenvalue weighted by atomic mass is 35.5. The Hall–Kier alpha value is -3.89. The van der Waals surface area contributed by atoms with E-state index in [1.165, 1.54) is 27.4 Å². The molecule has 2 amide bonds. The average molecular weight is 644 g/mol. The minimum atomic E-state index is -1.09. The van der Waals surface area contributed by atoms with Gasteiger partial charge in [-0.1, -0.05) is 36.4 Å². The Balaban J connectivity index is 0.00000461. The summed E-state index contributed by atoms with van der Waals surface area (Å²) >= 11 is 0. The Morgan fingerprint density at radius 3 is 2.16 bits per heavy atom. The van der Waals surface area contributed by atoms with Crippen LogP contribution in [0, 0.1) is 17.6 Å². The Morgan fingerprint density at radius 2 is 1.58 bits per heavy atom. The van der Waals surface area contributed by atoms with E-state index in [0.717, 1.165) is 18.1 Å². The van der Waals surface area contributed by atoms with E-state index in [2.05, 4.69) is 11.8 Å². The van der Waals surface area contributed by atoms with Crippen LogP contribution in [0.15, 0.2) is 60.7 Å². The molecule has 5 rings (SSSR count). The van der Waals surface area contributed by atoms with Gasteiger partial charge in [0.15, 0.2) is 23.1 Å². The molecule has 0 saturated carbocycles. The first kappa shape index (κ1) is 34.0. The fourth-order valence-electron chi connectivity index (χ4n) is 7.03. The van der Waals surface area contributed by atoms with Crippen molar-refractivity contribution < 1.29 is 32.6 Å². The molecular weight excluding hydrogens is 604 g/mol. The number of ether oxygens (including phenoxy) is 3. The van der Waals surface area contributed by atoms with Crippen LogP contribution in [-0.4, -0.2) is 75.2 Å². The summed E-state index contributed by atoms with van der Waals surface area (Å²) in [6.45, 7) is 4.25. The van der Waals surface area contributed by atoms with E-state index in [1.807, 2.05) is 35.2 Å². The van der Waals surface area contributed by atoms with Gasteiger partial charge in [0.05, 0.1) is 26.7 Å². The zero-order valence-corrected chi connectivity index (χ0v) is 26.7. The first-order chi connectivity index (χ1) is 21.1. The van der Waals surface area contributed by atoms with Crippen molar-refractivity contribution in [3.05, 3.63) is 89.0 Å². The van der Waals surface area contributed by atoms with Crippen molar-refractivity contribution in [2.45, 2.75) is 37.1 Å². The van der Waals surface area contributed by atoms with Gasteiger partial charge < -0.3 is 24.8 Å². The van der Waals surface area contributed by atoms with Crippen LogP contribution >= 0.6 is 12.4 Å². The molecule has 2 aliphatic rings. The molecule has 2 saturated heterocycles. The Bertz CT molecular complexity index is 1500. The topological polar surface area (TPSA) is 94.3 Å². The summed E-state index contributed by atoms with van der Waals surface area (Å²) in [6.07, 6.45) is 1.21. The number of nitrogens with zero attached hydrogens (tertiary/aromatic N) is 2. The maximum Gasteiger partial charge on any atom is 0.254 e. The summed E-state index contributed by atoms with van der Waals surface area (Å²) in [5.74, 6) is -1.64. The molecule has 11 heteroatoms. The lowest BCUT2D eigenvalue weighted by Gasteiger charge is -2.49. The highest BCUT2D eigenvalue weighted by molar-refractivity contribution is 5.96. The third kappa shape index (κ3) is 6.31. The highest BCUT2D eigenvalue weighted by Gasteiger charge is 2.51. The minimum Gasteiger partial charge on any atom is -0.493 e. The Morgan fingerprint density at radius 1 is 0.911 bits per heavy atom. The normalized spacial score (nSPS) is 22.3. The number of halogens is 3. The molecule has 0 aliphatic carbocycles. The zero-order valence-electron chi connectivity index (χ0n) is 25.9. The van der Waals surface area contributed by atoms with Crippen molar-refractivity contribution >= 4 is 24.2 Å². The lowest BCUT2D eigenvalue weighted by Crippen LogP contribution is -2.57. The number of piperidine rings is 1. The molecule has 0 radical (unpaired) electrons. The van der Waals surface area contributed by atoms with E-state index in [1.54, 1.807) is 18.2 Å². The van der Waals surface area contributed by atoms with Crippen LogP contribution in [0.1, 0.15) is 47.2 Å². The van der Waals surface area contributed by atoms with E-state index in [9.17, 15) is 18.4 Å². The number of rotatable bonds is 9. The fraction of sp³-hybridized carbons (Fsp3) is 0.412. The molecule has 3 aromatic carbocycles. The lowest BCUT2D eigenvalue weighted by molar-refractivity contribution is -0.126. The molecule has 4 atom stereocenters. The summed E-state index contributed by atoms with van der Waals surface area (Å²) in [4.78, 5) is 31.0. The lowest BCUT2D eigenvalue weighted by atomic mass is 9.62. The molecule has 45 heavy (non-hydrogen) atoms. The van der Waals surface area contributed by atoms with E-state index in [0.29, 0.717) is 61.0 Å². The third-order valence-electron chi connectivity index (χ3n) is 9.56. The van der Waals surface area contributed by atoms with E-state index in [-0.39, 0.29) is 30.3 Å². The van der Waals surface area contributed by atoms with Crippen molar-refractivity contribution in [1.82, 2.24) is 9.80 Å². The molecule has 0 aromatic heterocycles. The standard InChI is InChI=1S/C34H39F2N3O5.ClH/c1-21(23-12-14-39(19-23)32(40)24-17-29(42-2)31(44-4)30(18-24)43-3)38-15-13-34(33(37)41,25-8-6-5-7-9-25)26(20-38)22-10-11-27(35)28(36)16-22;/h5-11,16-18,21,23,26H,12-15,19-20H2,1-4H3,(H2,37,41);1H. The number of likely N-dealkylation sites (tertiary alicyclic amines) is 2.